The van der Waals surface area contributed by atoms with Crippen LogP contribution < -0.4 is 0 Å². The molecule has 1 aliphatic rings. The molecule has 1 unspecified atom stereocenters. The molecular weight excluding hydrogens is 310 g/mol. The van der Waals surface area contributed by atoms with E-state index in [9.17, 15) is 9.59 Å². The summed E-state index contributed by atoms with van der Waals surface area (Å²) in [6.07, 6.45) is 5.88. The van der Waals surface area contributed by atoms with E-state index < -0.39 is 5.97 Å². The van der Waals surface area contributed by atoms with Crippen molar-refractivity contribution in [2.24, 2.45) is 5.92 Å². The van der Waals surface area contributed by atoms with Crippen LogP contribution in [0.15, 0.2) is 35.1 Å². The lowest BCUT2D eigenvalue weighted by atomic mass is 9.93. The van der Waals surface area contributed by atoms with E-state index >= 15 is 0 Å². The summed E-state index contributed by atoms with van der Waals surface area (Å²) in [6, 6.07) is 5.22. The maximum Gasteiger partial charge on any atom is 0.303 e. The first-order valence-corrected chi connectivity index (χ1v) is 8.01. The summed E-state index contributed by atoms with van der Waals surface area (Å²) >= 11 is 0. The van der Waals surface area contributed by atoms with Gasteiger partial charge in [0.25, 0.3) is 5.91 Å². The number of hydrogen-bond donors (Lipinski definition) is 1. The Labute approximate surface area is 139 Å². The van der Waals surface area contributed by atoms with Crippen LogP contribution >= 0.6 is 0 Å². The third-order valence-electron chi connectivity index (χ3n) is 4.27. The summed E-state index contributed by atoms with van der Waals surface area (Å²) in [5, 5.41) is 12.7. The van der Waals surface area contributed by atoms with Crippen LogP contribution in [-0.2, 0) is 4.79 Å². The summed E-state index contributed by atoms with van der Waals surface area (Å²) in [6.45, 7) is 1.24. The van der Waals surface area contributed by atoms with Crippen LogP contribution in [0.5, 0.6) is 0 Å². The fraction of sp³-hybridized carbons (Fsp3) is 0.412. The van der Waals surface area contributed by atoms with E-state index in [-0.39, 0.29) is 23.9 Å². The van der Waals surface area contributed by atoms with Crippen molar-refractivity contribution in [2.45, 2.75) is 25.7 Å². The number of carboxylic acids is 1. The standard InChI is InChI=1S/C17H19N3O4/c21-16(22)4-3-12-2-1-9-20(11-12)17(23)14-10-15(24-19-14)13-5-7-18-8-6-13/h5-8,10,12H,1-4,9,11H2,(H,21,22). The second-order valence-corrected chi connectivity index (χ2v) is 6.00. The zero-order chi connectivity index (χ0) is 16.9. The SMILES string of the molecule is O=C(O)CCC1CCCN(C(=O)c2cc(-c3ccncc3)on2)C1. The van der Waals surface area contributed by atoms with Gasteiger partial charge in [0.1, 0.15) is 0 Å². The third kappa shape index (κ3) is 3.79. The van der Waals surface area contributed by atoms with Crippen LogP contribution in [0.2, 0.25) is 0 Å². The average molecular weight is 329 g/mol. The van der Waals surface area contributed by atoms with Gasteiger partial charge in [-0.05, 0) is 37.3 Å². The minimum atomic E-state index is -0.794. The number of likely N-dealkylation sites (tertiary alicyclic amines) is 1. The fourth-order valence-electron chi connectivity index (χ4n) is 3.00. The topological polar surface area (TPSA) is 96.5 Å². The number of rotatable bonds is 5. The highest BCUT2D eigenvalue weighted by molar-refractivity contribution is 5.93. The minimum Gasteiger partial charge on any atom is -0.481 e. The molecule has 0 spiro atoms. The predicted octanol–water partition coefficient (Wildman–Crippen LogP) is 2.45. The van der Waals surface area contributed by atoms with Gasteiger partial charge >= 0.3 is 5.97 Å². The van der Waals surface area contributed by atoms with Crippen molar-refractivity contribution < 1.29 is 19.2 Å². The number of pyridine rings is 1. The highest BCUT2D eigenvalue weighted by atomic mass is 16.5. The lowest BCUT2D eigenvalue weighted by molar-refractivity contribution is -0.137. The van der Waals surface area contributed by atoms with Crippen LogP contribution in [0.4, 0.5) is 0 Å². The number of carboxylic acid groups (broad SMARTS) is 1. The fourth-order valence-corrected chi connectivity index (χ4v) is 3.00. The first-order chi connectivity index (χ1) is 11.6. The van der Waals surface area contributed by atoms with Crippen LogP contribution in [0, 0.1) is 5.92 Å². The van der Waals surface area contributed by atoms with Gasteiger partial charge in [0, 0.05) is 43.5 Å². The lowest BCUT2D eigenvalue weighted by Crippen LogP contribution is -2.40. The molecule has 7 nitrogen and oxygen atoms in total. The molecule has 1 aliphatic heterocycles. The molecule has 1 fully saturated rings. The molecule has 0 aliphatic carbocycles. The van der Waals surface area contributed by atoms with Gasteiger partial charge in [-0.1, -0.05) is 5.16 Å². The number of aromatic nitrogens is 2. The highest BCUT2D eigenvalue weighted by Crippen LogP contribution is 2.24. The lowest BCUT2D eigenvalue weighted by Gasteiger charge is -2.32. The molecule has 0 saturated carbocycles. The van der Waals surface area contributed by atoms with E-state index in [1.165, 1.54) is 0 Å². The Kier molecular flexibility index (Phi) is 4.88. The Hall–Kier alpha value is -2.70. The van der Waals surface area contributed by atoms with Crippen molar-refractivity contribution in [3.8, 4) is 11.3 Å². The molecule has 7 heteroatoms. The van der Waals surface area contributed by atoms with Crippen LogP contribution in [0.3, 0.4) is 0 Å². The van der Waals surface area contributed by atoms with Crippen molar-refractivity contribution in [2.75, 3.05) is 13.1 Å². The Balaban J connectivity index is 1.66. The quantitative estimate of drug-likeness (QED) is 0.905. The summed E-state index contributed by atoms with van der Waals surface area (Å²) in [4.78, 5) is 29.0. The number of carbonyl (C=O) groups excluding carboxylic acids is 1. The molecule has 1 saturated heterocycles. The first kappa shape index (κ1) is 16.2. The van der Waals surface area contributed by atoms with Crippen molar-refractivity contribution >= 4 is 11.9 Å². The number of amides is 1. The molecule has 3 rings (SSSR count). The van der Waals surface area contributed by atoms with Crippen molar-refractivity contribution in [3.63, 3.8) is 0 Å². The zero-order valence-corrected chi connectivity index (χ0v) is 13.2. The van der Waals surface area contributed by atoms with Gasteiger partial charge in [0.05, 0.1) is 0 Å². The Bertz CT molecular complexity index is 714. The monoisotopic (exact) mass is 329 g/mol. The molecule has 1 amide bonds. The van der Waals surface area contributed by atoms with E-state index in [1.54, 1.807) is 35.5 Å². The maximum atomic E-state index is 12.6. The number of carbonyl (C=O) groups is 2. The Morgan fingerprint density at radius 3 is 2.88 bits per heavy atom. The van der Waals surface area contributed by atoms with Crippen molar-refractivity contribution in [1.82, 2.24) is 15.0 Å². The predicted molar refractivity (Wildman–Crippen MR) is 85.2 cm³/mol. The molecule has 0 radical (unpaired) electrons. The van der Waals surface area contributed by atoms with Gasteiger partial charge in [-0.3, -0.25) is 14.6 Å². The van der Waals surface area contributed by atoms with Crippen molar-refractivity contribution in [1.29, 1.82) is 0 Å². The van der Waals surface area contributed by atoms with Crippen molar-refractivity contribution in [3.05, 3.63) is 36.3 Å². The average Bonchev–Trinajstić information content (AvgIpc) is 3.10. The molecule has 3 heterocycles. The van der Waals surface area contributed by atoms with Crippen LogP contribution in [0.1, 0.15) is 36.2 Å². The number of hydrogen-bond acceptors (Lipinski definition) is 5. The molecule has 1 atom stereocenters. The largest absolute Gasteiger partial charge is 0.481 e. The van der Waals surface area contributed by atoms with Gasteiger partial charge < -0.3 is 14.5 Å². The van der Waals surface area contributed by atoms with Crippen LogP contribution in [-0.4, -0.2) is 45.1 Å². The zero-order valence-electron chi connectivity index (χ0n) is 13.2. The molecule has 1 N–H and O–H groups in total. The molecule has 2 aromatic rings. The highest BCUT2D eigenvalue weighted by Gasteiger charge is 2.26. The van der Waals surface area contributed by atoms with E-state index in [0.717, 1.165) is 18.4 Å². The second kappa shape index (κ2) is 7.25. The second-order valence-electron chi connectivity index (χ2n) is 6.00. The van der Waals surface area contributed by atoms with E-state index in [0.29, 0.717) is 25.3 Å². The van der Waals surface area contributed by atoms with Gasteiger partial charge in [-0.2, -0.15) is 0 Å². The Morgan fingerprint density at radius 2 is 2.12 bits per heavy atom. The van der Waals surface area contributed by atoms with E-state index in [2.05, 4.69) is 10.1 Å². The smallest absolute Gasteiger partial charge is 0.303 e. The molecule has 0 bridgehead atoms. The summed E-state index contributed by atoms with van der Waals surface area (Å²) in [5.74, 6) is -0.207. The Morgan fingerprint density at radius 1 is 1.33 bits per heavy atom. The number of aliphatic carboxylic acids is 1. The van der Waals surface area contributed by atoms with E-state index in [4.69, 9.17) is 9.63 Å². The minimum absolute atomic E-state index is 0.142. The molecule has 24 heavy (non-hydrogen) atoms. The van der Waals surface area contributed by atoms with E-state index in [1.807, 2.05) is 0 Å². The maximum absolute atomic E-state index is 12.6. The normalized spacial score (nSPS) is 17.7. The van der Waals surface area contributed by atoms with Gasteiger partial charge in [0.2, 0.25) is 0 Å². The molecule has 126 valence electrons. The molecule has 0 aromatic carbocycles. The number of piperidine rings is 1. The summed E-state index contributed by atoms with van der Waals surface area (Å²) in [7, 11) is 0. The third-order valence-corrected chi connectivity index (χ3v) is 4.27. The van der Waals surface area contributed by atoms with Gasteiger partial charge in [-0.15, -0.1) is 0 Å². The summed E-state index contributed by atoms with van der Waals surface area (Å²) < 4.78 is 5.27. The first-order valence-electron chi connectivity index (χ1n) is 8.01. The summed E-state index contributed by atoms with van der Waals surface area (Å²) in [5.41, 5.74) is 1.09. The number of nitrogens with zero attached hydrogens (tertiary/aromatic N) is 3. The molecular formula is C17H19N3O4. The van der Waals surface area contributed by atoms with Gasteiger partial charge in [-0.25, -0.2) is 0 Å². The van der Waals surface area contributed by atoms with Crippen LogP contribution in [0.25, 0.3) is 11.3 Å². The molecule has 2 aromatic heterocycles. The van der Waals surface area contributed by atoms with Gasteiger partial charge in [0.15, 0.2) is 11.5 Å².